The van der Waals surface area contributed by atoms with Crippen LogP contribution in [0.15, 0.2) is 18.2 Å². The van der Waals surface area contributed by atoms with Crippen molar-refractivity contribution in [2.24, 2.45) is 0 Å². The van der Waals surface area contributed by atoms with E-state index in [9.17, 15) is 14.4 Å². The van der Waals surface area contributed by atoms with Gasteiger partial charge in [-0.15, -0.1) is 0 Å². The Balaban J connectivity index is 1.85. The largest absolute Gasteiger partial charge is 0.486 e. The van der Waals surface area contributed by atoms with Gasteiger partial charge in [-0.05, 0) is 32.0 Å². The van der Waals surface area contributed by atoms with Crippen LogP contribution in [0.1, 0.15) is 24.2 Å². The summed E-state index contributed by atoms with van der Waals surface area (Å²) in [6.45, 7) is 3.81. The van der Waals surface area contributed by atoms with Crippen molar-refractivity contribution in [2.75, 3.05) is 19.8 Å². The van der Waals surface area contributed by atoms with Crippen LogP contribution in [0, 0.1) is 0 Å². The number of nitrogens with one attached hydrogen (secondary N) is 2. The van der Waals surface area contributed by atoms with Crippen LogP contribution in [-0.4, -0.2) is 43.8 Å². The normalized spacial score (nSPS) is 12.5. The van der Waals surface area contributed by atoms with Gasteiger partial charge in [-0.2, -0.15) is 0 Å². The lowest BCUT2D eigenvalue weighted by molar-refractivity contribution is -0.123. The van der Waals surface area contributed by atoms with Gasteiger partial charge in [0.25, 0.3) is 5.91 Å². The second-order valence-corrected chi connectivity index (χ2v) is 5.11. The van der Waals surface area contributed by atoms with Gasteiger partial charge in [-0.3, -0.25) is 10.1 Å². The monoisotopic (exact) mass is 322 g/mol. The van der Waals surface area contributed by atoms with E-state index in [-0.39, 0.29) is 11.6 Å². The van der Waals surface area contributed by atoms with E-state index < -0.39 is 24.5 Å². The summed E-state index contributed by atoms with van der Waals surface area (Å²) in [5.41, 5.74) is 0.230. The maximum absolute atomic E-state index is 11.9. The zero-order chi connectivity index (χ0) is 16.8. The van der Waals surface area contributed by atoms with Crippen molar-refractivity contribution >= 4 is 17.9 Å². The Morgan fingerprint density at radius 1 is 1.17 bits per heavy atom. The fourth-order valence-electron chi connectivity index (χ4n) is 1.85. The van der Waals surface area contributed by atoms with Crippen molar-refractivity contribution in [3.05, 3.63) is 23.8 Å². The number of fused-ring (bicyclic) bond motifs is 1. The highest BCUT2D eigenvalue weighted by atomic mass is 16.6. The van der Waals surface area contributed by atoms with Crippen molar-refractivity contribution in [2.45, 2.75) is 19.9 Å². The molecule has 3 amide bonds. The van der Waals surface area contributed by atoms with Crippen LogP contribution >= 0.6 is 0 Å². The predicted octanol–water partition coefficient (Wildman–Crippen LogP) is 0.849. The molecule has 0 fully saturated rings. The van der Waals surface area contributed by atoms with Crippen LogP contribution in [0.25, 0.3) is 0 Å². The van der Waals surface area contributed by atoms with Crippen LogP contribution in [0.4, 0.5) is 4.79 Å². The Hall–Kier alpha value is -2.77. The average Bonchev–Trinajstić information content (AvgIpc) is 2.51. The molecule has 1 aliphatic heterocycles. The topological polar surface area (TPSA) is 103 Å². The Labute approximate surface area is 133 Å². The number of amides is 3. The summed E-state index contributed by atoms with van der Waals surface area (Å²) in [6.07, 6.45) is 0. The van der Waals surface area contributed by atoms with E-state index in [2.05, 4.69) is 10.6 Å². The number of hydrogen-bond acceptors (Lipinski definition) is 6. The summed E-state index contributed by atoms with van der Waals surface area (Å²) in [5, 5.41) is 4.54. The number of hydrogen-bond donors (Lipinski definition) is 2. The molecule has 0 atom stereocenters. The van der Waals surface area contributed by atoms with Crippen LogP contribution in [0.3, 0.4) is 0 Å². The molecule has 1 aromatic rings. The third-order valence-electron chi connectivity index (χ3n) is 2.78. The van der Waals surface area contributed by atoms with Gasteiger partial charge in [0.2, 0.25) is 0 Å². The van der Waals surface area contributed by atoms with Gasteiger partial charge >= 0.3 is 12.0 Å². The number of urea groups is 1. The van der Waals surface area contributed by atoms with Gasteiger partial charge in [0.15, 0.2) is 18.1 Å². The van der Waals surface area contributed by atoms with Gasteiger partial charge in [-0.1, -0.05) is 0 Å². The fraction of sp³-hybridized carbons (Fsp3) is 0.400. The molecule has 124 valence electrons. The Morgan fingerprint density at radius 3 is 2.57 bits per heavy atom. The summed E-state index contributed by atoms with van der Waals surface area (Å²) in [7, 11) is 0. The number of imide groups is 1. The summed E-state index contributed by atoms with van der Waals surface area (Å²) in [5.74, 6) is -0.405. The van der Waals surface area contributed by atoms with Crippen LogP contribution in [0.5, 0.6) is 11.5 Å². The molecule has 1 aromatic carbocycles. The first-order chi connectivity index (χ1) is 11.0. The molecular formula is C15H18N2O6. The van der Waals surface area contributed by atoms with E-state index in [1.807, 2.05) is 0 Å². The third kappa shape index (κ3) is 4.87. The van der Waals surface area contributed by atoms with Gasteiger partial charge in [0.05, 0.1) is 5.56 Å². The molecule has 1 heterocycles. The highest BCUT2D eigenvalue weighted by Gasteiger charge is 2.17. The molecular weight excluding hydrogens is 304 g/mol. The minimum atomic E-state index is -0.714. The Bertz CT molecular complexity index is 614. The lowest BCUT2D eigenvalue weighted by Gasteiger charge is -2.18. The summed E-state index contributed by atoms with van der Waals surface area (Å²) in [4.78, 5) is 34.7. The van der Waals surface area contributed by atoms with Crippen molar-refractivity contribution in [3.63, 3.8) is 0 Å². The maximum atomic E-state index is 11.9. The van der Waals surface area contributed by atoms with Crippen LogP contribution in [0.2, 0.25) is 0 Å². The van der Waals surface area contributed by atoms with Crippen LogP contribution in [-0.2, 0) is 9.53 Å². The van der Waals surface area contributed by atoms with Crippen molar-refractivity contribution in [3.8, 4) is 11.5 Å². The standard InChI is InChI=1S/C15H18N2O6/c1-9(2)16-15(20)17-13(18)8-23-14(19)10-3-4-11-12(7-10)22-6-5-21-11/h3-4,7,9H,5-6,8H2,1-2H3,(H2,16,17,18,20). The Kier molecular flexibility index (Phi) is 5.40. The molecule has 2 rings (SSSR count). The molecule has 8 heteroatoms. The van der Waals surface area contributed by atoms with E-state index in [0.717, 1.165) is 0 Å². The molecule has 2 N–H and O–H groups in total. The molecule has 0 saturated heterocycles. The molecule has 0 unspecified atom stereocenters. The van der Waals surface area contributed by atoms with Gasteiger partial charge in [0.1, 0.15) is 13.2 Å². The maximum Gasteiger partial charge on any atom is 0.338 e. The van der Waals surface area contributed by atoms with E-state index in [4.69, 9.17) is 14.2 Å². The van der Waals surface area contributed by atoms with Gasteiger partial charge in [0, 0.05) is 6.04 Å². The smallest absolute Gasteiger partial charge is 0.338 e. The SMILES string of the molecule is CC(C)NC(=O)NC(=O)COC(=O)c1ccc2c(c1)OCCO2. The first-order valence-corrected chi connectivity index (χ1v) is 7.13. The molecule has 0 spiro atoms. The minimum absolute atomic E-state index is 0.108. The summed E-state index contributed by atoms with van der Waals surface area (Å²) >= 11 is 0. The first-order valence-electron chi connectivity index (χ1n) is 7.13. The molecule has 1 aliphatic rings. The average molecular weight is 322 g/mol. The molecule has 0 aliphatic carbocycles. The van der Waals surface area contributed by atoms with Crippen molar-refractivity contribution < 1.29 is 28.6 Å². The predicted molar refractivity (Wildman–Crippen MR) is 79.5 cm³/mol. The molecule has 23 heavy (non-hydrogen) atoms. The molecule has 0 radical (unpaired) electrons. The lowest BCUT2D eigenvalue weighted by atomic mass is 10.2. The Morgan fingerprint density at radius 2 is 1.87 bits per heavy atom. The summed E-state index contributed by atoms with van der Waals surface area (Å²) < 4.78 is 15.6. The third-order valence-corrected chi connectivity index (χ3v) is 2.78. The quantitative estimate of drug-likeness (QED) is 0.797. The molecule has 0 aromatic heterocycles. The summed E-state index contributed by atoms with van der Waals surface area (Å²) in [6, 6.07) is 3.85. The van der Waals surface area contributed by atoms with Crippen LogP contribution < -0.4 is 20.1 Å². The van der Waals surface area contributed by atoms with Gasteiger partial charge < -0.3 is 19.5 Å². The van der Waals surface area contributed by atoms with E-state index >= 15 is 0 Å². The minimum Gasteiger partial charge on any atom is -0.486 e. The number of carbonyl (C=O) groups excluding carboxylic acids is 3. The highest BCUT2D eigenvalue weighted by Crippen LogP contribution is 2.30. The zero-order valence-electron chi connectivity index (χ0n) is 12.9. The van der Waals surface area contributed by atoms with Crippen molar-refractivity contribution in [1.82, 2.24) is 10.6 Å². The highest BCUT2D eigenvalue weighted by molar-refractivity contribution is 5.97. The number of rotatable bonds is 4. The van der Waals surface area contributed by atoms with Gasteiger partial charge in [-0.25, -0.2) is 9.59 Å². The fourth-order valence-corrected chi connectivity index (χ4v) is 1.85. The van der Waals surface area contributed by atoms with E-state index in [1.165, 1.54) is 12.1 Å². The number of carbonyl (C=O) groups is 3. The first kappa shape index (κ1) is 16.6. The lowest BCUT2D eigenvalue weighted by Crippen LogP contribution is -2.44. The van der Waals surface area contributed by atoms with E-state index in [1.54, 1.807) is 19.9 Å². The second-order valence-electron chi connectivity index (χ2n) is 5.11. The van der Waals surface area contributed by atoms with Crippen molar-refractivity contribution in [1.29, 1.82) is 0 Å². The number of benzene rings is 1. The number of ether oxygens (including phenoxy) is 3. The second kappa shape index (κ2) is 7.48. The zero-order valence-corrected chi connectivity index (χ0v) is 12.9. The molecule has 0 bridgehead atoms. The van der Waals surface area contributed by atoms with E-state index in [0.29, 0.717) is 24.7 Å². The molecule has 0 saturated carbocycles. The number of esters is 1. The molecule has 8 nitrogen and oxygen atoms in total.